The van der Waals surface area contributed by atoms with E-state index in [9.17, 15) is 10.1 Å². The molecule has 7 nitrogen and oxygen atoms in total. The Morgan fingerprint density at radius 1 is 1.23 bits per heavy atom. The SMILES string of the molecule is Cc1ccc(N2CC[C@@H]3CN(c4c(C#N)c(=O)n(C)c5sc(C)nc45)CC[C@@H]32)nc1. The van der Waals surface area contributed by atoms with Gasteiger partial charge in [-0.25, -0.2) is 9.97 Å². The van der Waals surface area contributed by atoms with Gasteiger partial charge < -0.3 is 14.4 Å². The van der Waals surface area contributed by atoms with E-state index < -0.39 is 0 Å². The van der Waals surface area contributed by atoms with Crippen LogP contribution in [0.25, 0.3) is 10.3 Å². The lowest BCUT2D eigenvalue weighted by atomic mass is 9.92. The number of aromatic nitrogens is 3. The molecule has 0 bridgehead atoms. The Morgan fingerprint density at radius 3 is 2.80 bits per heavy atom. The molecule has 0 amide bonds. The molecule has 0 aromatic carbocycles. The summed E-state index contributed by atoms with van der Waals surface area (Å²) in [4.78, 5) is 27.7. The summed E-state index contributed by atoms with van der Waals surface area (Å²) in [6, 6.07) is 6.85. The Bertz CT molecular complexity index is 1220. The van der Waals surface area contributed by atoms with Gasteiger partial charge in [0.2, 0.25) is 0 Å². The predicted octanol–water partition coefficient (Wildman–Crippen LogP) is 2.98. The number of aryl methyl sites for hydroxylation is 3. The standard InChI is InChI=1S/C22H24N6OS/c1-13-4-5-18(24-11-13)28-9-6-15-12-27(8-7-17(15)28)20-16(10-23)21(29)26(3)22-19(20)25-14(2)30-22/h4-5,11,15,17H,6-9,12H2,1-3H3/t15-,17+/m1/s1. The topological polar surface area (TPSA) is 78.0 Å². The van der Waals surface area contributed by atoms with E-state index in [1.54, 1.807) is 11.6 Å². The van der Waals surface area contributed by atoms with E-state index in [1.807, 2.05) is 13.1 Å². The van der Waals surface area contributed by atoms with Gasteiger partial charge in [0.25, 0.3) is 5.56 Å². The van der Waals surface area contributed by atoms with E-state index in [-0.39, 0.29) is 11.1 Å². The Hall–Kier alpha value is -2.92. The van der Waals surface area contributed by atoms with E-state index >= 15 is 0 Å². The molecule has 3 aromatic heterocycles. The minimum absolute atomic E-state index is 0.212. The molecule has 30 heavy (non-hydrogen) atoms. The van der Waals surface area contributed by atoms with E-state index in [0.29, 0.717) is 12.0 Å². The van der Waals surface area contributed by atoms with Gasteiger partial charge in [0.05, 0.1) is 10.7 Å². The summed E-state index contributed by atoms with van der Waals surface area (Å²) in [5.74, 6) is 1.53. The van der Waals surface area contributed by atoms with Crippen molar-refractivity contribution in [3.05, 3.63) is 44.8 Å². The van der Waals surface area contributed by atoms with Crippen molar-refractivity contribution < 1.29 is 0 Å². The quantitative estimate of drug-likeness (QED) is 0.634. The third-order valence-electron chi connectivity index (χ3n) is 6.45. The summed E-state index contributed by atoms with van der Waals surface area (Å²) < 4.78 is 1.56. The van der Waals surface area contributed by atoms with E-state index in [1.165, 1.54) is 16.9 Å². The Kier molecular flexibility index (Phi) is 4.51. The highest BCUT2D eigenvalue weighted by atomic mass is 32.1. The first-order valence-corrected chi connectivity index (χ1v) is 11.1. The molecular weight excluding hydrogens is 396 g/mol. The molecule has 0 aliphatic carbocycles. The molecule has 154 valence electrons. The van der Waals surface area contributed by atoms with Gasteiger partial charge >= 0.3 is 0 Å². The minimum atomic E-state index is -0.234. The average Bonchev–Trinajstić information content (AvgIpc) is 3.34. The molecule has 0 unspecified atom stereocenters. The van der Waals surface area contributed by atoms with Crippen LogP contribution < -0.4 is 15.4 Å². The van der Waals surface area contributed by atoms with Crippen LogP contribution in [0.1, 0.15) is 29.0 Å². The Balaban J connectivity index is 1.50. The lowest BCUT2D eigenvalue weighted by molar-refractivity contribution is 0.395. The summed E-state index contributed by atoms with van der Waals surface area (Å²) in [6.45, 7) is 6.63. The number of nitriles is 1. The summed E-state index contributed by atoms with van der Waals surface area (Å²) in [5, 5.41) is 10.7. The monoisotopic (exact) mass is 420 g/mol. The average molecular weight is 421 g/mol. The summed E-state index contributed by atoms with van der Waals surface area (Å²) in [6.07, 6.45) is 3.99. The Labute approximate surface area is 179 Å². The number of anilines is 2. The lowest BCUT2D eigenvalue weighted by Gasteiger charge is -2.39. The molecule has 2 atom stereocenters. The van der Waals surface area contributed by atoms with Crippen LogP contribution in [0.5, 0.6) is 0 Å². The van der Waals surface area contributed by atoms with Crippen LogP contribution >= 0.6 is 11.3 Å². The summed E-state index contributed by atoms with van der Waals surface area (Å²) in [7, 11) is 1.72. The number of rotatable bonds is 2. The highest BCUT2D eigenvalue weighted by Crippen LogP contribution is 2.38. The van der Waals surface area contributed by atoms with Gasteiger partial charge in [-0.15, -0.1) is 11.3 Å². The predicted molar refractivity (Wildman–Crippen MR) is 119 cm³/mol. The van der Waals surface area contributed by atoms with Crippen LogP contribution in [0, 0.1) is 31.1 Å². The first kappa shape index (κ1) is 19.1. The van der Waals surface area contributed by atoms with Crippen molar-refractivity contribution in [1.82, 2.24) is 14.5 Å². The highest BCUT2D eigenvalue weighted by Gasteiger charge is 2.40. The van der Waals surface area contributed by atoms with Crippen molar-refractivity contribution >= 4 is 33.2 Å². The fourth-order valence-corrected chi connectivity index (χ4v) is 5.86. The highest BCUT2D eigenvalue weighted by molar-refractivity contribution is 7.18. The van der Waals surface area contributed by atoms with Crippen molar-refractivity contribution in [2.45, 2.75) is 32.7 Å². The molecule has 2 aliphatic rings. The number of hydrogen-bond acceptors (Lipinski definition) is 7. The lowest BCUT2D eigenvalue weighted by Crippen LogP contribution is -2.47. The van der Waals surface area contributed by atoms with E-state index in [0.717, 1.165) is 59.3 Å². The van der Waals surface area contributed by atoms with Crippen molar-refractivity contribution in [2.24, 2.45) is 13.0 Å². The molecule has 8 heteroatoms. The van der Waals surface area contributed by atoms with Crippen molar-refractivity contribution in [3.8, 4) is 6.07 Å². The summed E-state index contributed by atoms with van der Waals surface area (Å²) >= 11 is 1.51. The second kappa shape index (κ2) is 7.10. The van der Waals surface area contributed by atoms with Crippen LogP contribution in [-0.4, -0.2) is 40.2 Å². The maximum atomic E-state index is 12.9. The minimum Gasteiger partial charge on any atom is -0.368 e. The third kappa shape index (κ3) is 2.88. The van der Waals surface area contributed by atoms with Crippen LogP contribution in [-0.2, 0) is 7.05 Å². The molecule has 0 radical (unpaired) electrons. The van der Waals surface area contributed by atoms with Crippen molar-refractivity contribution in [2.75, 3.05) is 29.4 Å². The molecular formula is C22H24N6OS. The van der Waals surface area contributed by atoms with Crippen LogP contribution in [0.2, 0.25) is 0 Å². The zero-order valence-electron chi connectivity index (χ0n) is 17.4. The van der Waals surface area contributed by atoms with Gasteiger partial charge in [-0.2, -0.15) is 5.26 Å². The van der Waals surface area contributed by atoms with Gasteiger partial charge in [0.15, 0.2) is 0 Å². The van der Waals surface area contributed by atoms with Gasteiger partial charge in [-0.3, -0.25) is 4.79 Å². The summed E-state index contributed by atoms with van der Waals surface area (Å²) in [5.41, 5.74) is 2.66. The molecule has 2 aliphatic heterocycles. The maximum Gasteiger partial charge on any atom is 0.271 e. The zero-order chi connectivity index (χ0) is 21.0. The molecule has 5 heterocycles. The van der Waals surface area contributed by atoms with Crippen LogP contribution in [0.4, 0.5) is 11.5 Å². The Morgan fingerprint density at radius 2 is 2.07 bits per heavy atom. The second-order valence-corrected chi connectivity index (χ2v) is 9.51. The third-order valence-corrected chi connectivity index (χ3v) is 7.50. The van der Waals surface area contributed by atoms with Crippen molar-refractivity contribution in [3.63, 3.8) is 0 Å². The number of thiazole rings is 1. The normalized spacial score (nSPS) is 21.1. The molecule has 0 saturated carbocycles. The zero-order valence-corrected chi connectivity index (χ0v) is 18.2. The molecule has 2 saturated heterocycles. The van der Waals surface area contributed by atoms with Crippen LogP contribution in [0.15, 0.2) is 23.1 Å². The van der Waals surface area contributed by atoms with Gasteiger partial charge in [0.1, 0.15) is 27.8 Å². The molecule has 2 fully saturated rings. The maximum absolute atomic E-state index is 12.9. The first-order valence-electron chi connectivity index (χ1n) is 10.3. The van der Waals surface area contributed by atoms with E-state index in [4.69, 9.17) is 4.98 Å². The number of nitrogens with zero attached hydrogens (tertiary/aromatic N) is 6. The largest absolute Gasteiger partial charge is 0.368 e. The smallest absolute Gasteiger partial charge is 0.271 e. The molecule has 0 spiro atoms. The van der Waals surface area contributed by atoms with Gasteiger partial charge in [-0.1, -0.05) is 6.07 Å². The van der Waals surface area contributed by atoms with Gasteiger partial charge in [0, 0.05) is 38.9 Å². The van der Waals surface area contributed by atoms with Gasteiger partial charge in [-0.05, 0) is 44.2 Å². The number of pyridine rings is 2. The number of fused-ring (bicyclic) bond motifs is 2. The number of hydrogen-bond donors (Lipinski definition) is 0. The molecule has 3 aromatic rings. The number of piperidine rings is 1. The van der Waals surface area contributed by atoms with E-state index in [2.05, 4.69) is 39.9 Å². The van der Waals surface area contributed by atoms with Crippen molar-refractivity contribution in [1.29, 1.82) is 5.26 Å². The fourth-order valence-electron chi connectivity index (χ4n) is 4.99. The molecule has 5 rings (SSSR count). The molecule has 0 N–H and O–H groups in total. The fraction of sp³-hybridized carbons (Fsp3) is 0.455. The first-order chi connectivity index (χ1) is 14.5. The van der Waals surface area contributed by atoms with Crippen LogP contribution in [0.3, 0.4) is 0 Å². The second-order valence-electron chi connectivity index (χ2n) is 8.32.